The minimum absolute atomic E-state index is 0.0114. The molecular weight excluding hydrogens is 400 g/mol. The number of rotatable bonds is 4. The van der Waals surface area contributed by atoms with Gasteiger partial charge in [0, 0.05) is 16.5 Å². The van der Waals surface area contributed by atoms with Crippen LogP contribution in [-0.2, 0) is 0 Å². The van der Waals surface area contributed by atoms with Crippen molar-refractivity contribution in [3.05, 3.63) is 78.1 Å². The van der Waals surface area contributed by atoms with E-state index < -0.39 is 0 Å². The van der Waals surface area contributed by atoms with E-state index >= 15 is 0 Å². The summed E-state index contributed by atoms with van der Waals surface area (Å²) in [4.78, 5) is 28.5. The lowest BCUT2D eigenvalue weighted by molar-refractivity contribution is 0.0956. The molecule has 0 amide bonds. The second kappa shape index (κ2) is 8.36. The van der Waals surface area contributed by atoms with Crippen LogP contribution in [0.15, 0.2) is 67.0 Å². The number of carbonyl (C=O) groups excluding carboxylic acids is 1. The predicted octanol–water partition coefficient (Wildman–Crippen LogP) is 4.36. The Hall–Kier alpha value is -3.84. The molecule has 0 spiro atoms. The Labute approximate surface area is 186 Å². The van der Waals surface area contributed by atoms with Crippen LogP contribution in [0.25, 0.3) is 22.2 Å². The fourth-order valence-corrected chi connectivity index (χ4v) is 4.06. The molecule has 4 aromatic rings. The first-order valence-corrected chi connectivity index (χ1v) is 10.6. The van der Waals surface area contributed by atoms with Gasteiger partial charge >= 0.3 is 0 Å². The average molecular weight is 425 g/mol. The molecule has 2 aromatic carbocycles. The average Bonchev–Trinajstić information content (AvgIpc) is 2.97. The summed E-state index contributed by atoms with van der Waals surface area (Å²) in [5.74, 6) is 1.08. The Balaban J connectivity index is 1.58. The number of hydrogen-bond acceptors (Lipinski definition) is 7. The maximum absolute atomic E-state index is 12.9. The smallest absolute Gasteiger partial charge is 0.184 e. The maximum atomic E-state index is 12.9. The predicted molar refractivity (Wildman–Crippen MR) is 127 cm³/mol. The highest BCUT2D eigenvalue weighted by Crippen LogP contribution is 2.33. The number of Topliss-reactive ketones (excluding diaryl/α,β-unsaturated/α-hetero) is 1. The van der Waals surface area contributed by atoms with Crippen molar-refractivity contribution in [2.75, 3.05) is 30.9 Å². The third kappa shape index (κ3) is 3.78. The van der Waals surface area contributed by atoms with Crippen molar-refractivity contribution < 1.29 is 4.79 Å². The normalized spacial score (nSPS) is 15.0. The Morgan fingerprint density at radius 2 is 1.84 bits per heavy atom. The SMILES string of the molecule is CC(Nc1ncnc2c1C(=O)CN(C)CN2)c1cc2ccccc2nc1-c1ccccc1. The molecule has 0 bridgehead atoms. The monoisotopic (exact) mass is 424 g/mol. The molecule has 1 unspecified atom stereocenters. The van der Waals surface area contributed by atoms with Crippen molar-refractivity contribution in [1.82, 2.24) is 19.9 Å². The van der Waals surface area contributed by atoms with Gasteiger partial charge in [-0.05, 0) is 26.1 Å². The molecule has 1 aliphatic rings. The van der Waals surface area contributed by atoms with Gasteiger partial charge in [-0.15, -0.1) is 0 Å². The second-order valence-corrected chi connectivity index (χ2v) is 8.07. The second-order valence-electron chi connectivity index (χ2n) is 8.07. The van der Waals surface area contributed by atoms with Crippen LogP contribution < -0.4 is 10.6 Å². The van der Waals surface area contributed by atoms with Crippen molar-refractivity contribution in [2.45, 2.75) is 13.0 Å². The molecule has 2 N–H and O–H groups in total. The van der Waals surface area contributed by atoms with Crippen LogP contribution in [0.3, 0.4) is 0 Å². The van der Waals surface area contributed by atoms with Crippen LogP contribution in [0.4, 0.5) is 11.6 Å². The fourth-order valence-electron chi connectivity index (χ4n) is 4.06. The number of anilines is 2. The molecule has 5 rings (SSSR count). The molecule has 0 aliphatic carbocycles. The number of nitrogens with zero attached hydrogens (tertiary/aromatic N) is 4. The molecule has 0 saturated carbocycles. The standard InChI is InChI=1S/C25H24N6O/c1-16(29-25-22-21(32)13-31(2)15-28-24(22)26-14-27-25)19-12-18-10-6-7-11-20(18)30-23(19)17-8-4-3-5-9-17/h3-12,14,16H,13,15H2,1-2H3,(H2,26,27,28,29). The van der Waals surface area contributed by atoms with Gasteiger partial charge in [0.2, 0.25) is 0 Å². The van der Waals surface area contributed by atoms with Crippen LogP contribution in [0.5, 0.6) is 0 Å². The summed E-state index contributed by atoms with van der Waals surface area (Å²) in [7, 11) is 1.90. The molecule has 1 atom stereocenters. The molecule has 0 radical (unpaired) electrons. The third-order valence-corrected chi connectivity index (χ3v) is 5.68. The molecule has 0 fully saturated rings. The summed E-state index contributed by atoms with van der Waals surface area (Å²) in [5, 5.41) is 7.75. The Morgan fingerprint density at radius 1 is 1.06 bits per heavy atom. The molecule has 7 nitrogen and oxygen atoms in total. The number of para-hydroxylation sites is 1. The number of aromatic nitrogens is 3. The Morgan fingerprint density at radius 3 is 2.69 bits per heavy atom. The Kier molecular flexibility index (Phi) is 5.25. The van der Waals surface area contributed by atoms with E-state index in [0.29, 0.717) is 30.4 Å². The van der Waals surface area contributed by atoms with Crippen LogP contribution in [0.1, 0.15) is 28.9 Å². The molecular formula is C25H24N6O. The van der Waals surface area contributed by atoms with Gasteiger partial charge in [-0.3, -0.25) is 9.69 Å². The van der Waals surface area contributed by atoms with E-state index in [-0.39, 0.29) is 11.8 Å². The first-order valence-electron chi connectivity index (χ1n) is 10.6. The van der Waals surface area contributed by atoms with E-state index in [1.165, 1.54) is 6.33 Å². The maximum Gasteiger partial charge on any atom is 0.184 e. The zero-order valence-corrected chi connectivity index (χ0v) is 18.0. The summed E-state index contributed by atoms with van der Waals surface area (Å²) < 4.78 is 0. The van der Waals surface area contributed by atoms with Gasteiger partial charge in [-0.2, -0.15) is 0 Å². The molecule has 160 valence electrons. The number of pyridine rings is 1. The molecule has 1 aliphatic heterocycles. The van der Waals surface area contributed by atoms with Gasteiger partial charge in [0.05, 0.1) is 30.5 Å². The summed E-state index contributed by atoms with van der Waals surface area (Å²) >= 11 is 0. The van der Waals surface area contributed by atoms with Crippen molar-refractivity contribution in [3.63, 3.8) is 0 Å². The number of fused-ring (bicyclic) bond motifs is 2. The fraction of sp³-hybridized carbons (Fsp3) is 0.200. The van der Waals surface area contributed by atoms with E-state index in [0.717, 1.165) is 27.7 Å². The molecule has 32 heavy (non-hydrogen) atoms. The topological polar surface area (TPSA) is 83.0 Å². The first kappa shape index (κ1) is 20.1. The molecule has 7 heteroatoms. The van der Waals surface area contributed by atoms with Crippen LogP contribution in [0, 0.1) is 0 Å². The van der Waals surface area contributed by atoms with Crippen molar-refractivity contribution in [2.24, 2.45) is 0 Å². The minimum Gasteiger partial charge on any atom is -0.363 e. The lowest BCUT2D eigenvalue weighted by Gasteiger charge is -2.21. The third-order valence-electron chi connectivity index (χ3n) is 5.68. The molecule has 2 aromatic heterocycles. The highest BCUT2D eigenvalue weighted by atomic mass is 16.1. The number of benzene rings is 2. The van der Waals surface area contributed by atoms with E-state index in [1.54, 1.807) is 0 Å². The van der Waals surface area contributed by atoms with Crippen molar-refractivity contribution >= 4 is 28.3 Å². The number of hydrogen-bond donors (Lipinski definition) is 2. The van der Waals surface area contributed by atoms with Gasteiger partial charge in [-0.1, -0.05) is 48.5 Å². The van der Waals surface area contributed by atoms with Crippen LogP contribution >= 0.6 is 0 Å². The van der Waals surface area contributed by atoms with Crippen molar-refractivity contribution in [1.29, 1.82) is 0 Å². The number of carbonyl (C=O) groups is 1. The minimum atomic E-state index is -0.143. The quantitative estimate of drug-likeness (QED) is 0.503. The number of ketones is 1. The van der Waals surface area contributed by atoms with Gasteiger partial charge < -0.3 is 10.6 Å². The number of likely N-dealkylation sites (N-methyl/N-ethyl adjacent to an activating group) is 1. The summed E-state index contributed by atoms with van der Waals surface area (Å²) in [6, 6.07) is 20.3. The lowest BCUT2D eigenvalue weighted by atomic mass is 9.98. The highest BCUT2D eigenvalue weighted by Gasteiger charge is 2.25. The highest BCUT2D eigenvalue weighted by molar-refractivity contribution is 6.06. The van der Waals surface area contributed by atoms with Crippen molar-refractivity contribution in [3.8, 4) is 11.3 Å². The van der Waals surface area contributed by atoms with Gasteiger partial charge in [0.15, 0.2) is 5.78 Å². The van der Waals surface area contributed by atoms with E-state index in [4.69, 9.17) is 4.98 Å². The summed E-state index contributed by atoms with van der Waals surface area (Å²) in [6.45, 7) is 2.92. The molecule has 3 heterocycles. The van der Waals surface area contributed by atoms with Gasteiger partial charge in [0.1, 0.15) is 23.5 Å². The van der Waals surface area contributed by atoms with Gasteiger partial charge in [-0.25, -0.2) is 15.0 Å². The Bertz CT molecular complexity index is 1290. The zero-order chi connectivity index (χ0) is 22.1. The first-order chi connectivity index (χ1) is 15.6. The van der Waals surface area contributed by atoms with Gasteiger partial charge in [0.25, 0.3) is 0 Å². The van der Waals surface area contributed by atoms with E-state index in [1.807, 2.05) is 48.3 Å². The summed E-state index contributed by atoms with van der Waals surface area (Å²) in [5.41, 5.74) is 4.43. The lowest BCUT2D eigenvalue weighted by Crippen LogP contribution is -2.27. The van der Waals surface area contributed by atoms with Crippen LogP contribution in [-0.4, -0.2) is 45.9 Å². The van der Waals surface area contributed by atoms with Crippen LogP contribution in [0.2, 0.25) is 0 Å². The largest absolute Gasteiger partial charge is 0.363 e. The van der Waals surface area contributed by atoms with E-state index in [9.17, 15) is 4.79 Å². The summed E-state index contributed by atoms with van der Waals surface area (Å²) in [6.07, 6.45) is 1.48. The number of nitrogens with one attached hydrogen (secondary N) is 2. The molecule has 0 saturated heterocycles. The van der Waals surface area contributed by atoms with E-state index in [2.05, 4.69) is 51.8 Å². The zero-order valence-electron chi connectivity index (χ0n) is 18.0.